The molecule has 0 spiro atoms. The summed E-state index contributed by atoms with van der Waals surface area (Å²) in [7, 11) is 1.67. The summed E-state index contributed by atoms with van der Waals surface area (Å²) in [5.74, 6) is -1.65. The fourth-order valence-electron chi connectivity index (χ4n) is 2.50. The molecule has 0 saturated carbocycles. The van der Waals surface area contributed by atoms with Gasteiger partial charge < -0.3 is 10.0 Å². The Morgan fingerprint density at radius 3 is 2.50 bits per heavy atom. The first-order chi connectivity index (χ1) is 8.54. The largest absolute Gasteiger partial charge is 0.481 e. The molecule has 0 aliphatic carbocycles. The lowest BCUT2D eigenvalue weighted by Gasteiger charge is -2.23. The molecule has 1 aliphatic heterocycles. The van der Waals surface area contributed by atoms with Gasteiger partial charge in [0.2, 0.25) is 5.91 Å². The molecule has 1 fully saturated rings. The number of carboxylic acids is 1. The number of likely N-dealkylation sites (tertiary alicyclic amines) is 1. The maximum absolute atomic E-state index is 11.7. The molecule has 1 aromatic carbocycles. The Hall–Kier alpha value is -1.84. The minimum Gasteiger partial charge on any atom is -0.481 e. The number of benzene rings is 1. The molecule has 2 atom stereocenters. The lowest BCUT2D eigenvalue weighted by molar-refractivity contribution is -0.142. The van der Waals surface area contributed by atoms with Gasteiger partial charge in [-0.05, 0) is 17.5 Å². The number of aliphatic carboxylic acids is 1. The molecule has 96 valence electrons. The molecule has 1 aliphatic rings. The van der Waals surface area contributed by atoms with Crippen molar-refractivity contribution in [2.24, 2.45) is 5.92 Å². The summed E-state index contributed by atoms with van der Waals surface area (Å²) in [5.41, 5.74) is 2.10. The van der Waals surface area contributed by atoms with Crippen LogP contribution in [-0.2, 0) is 16.0 Å². The number of rotatable bonds is 3. The molecule has 1 N–H and O–H groups in total. The predicted molar refractivity (Wildman–Crippen MR) is 67.1 cm³/mol. The van der Waals surface area contributed by atoms with Crippen molar-refractivity contribution in [1.29, 1.82) is 0 Å². The Morgan fingerprint density at radius 1 is 1.39 bits per heavy atom. The molecule has 1 aromatic rings. The lowest BCUT2D eigenvalue weighted by Crippen LogP contribution is -2.26. The zero-order chi connectivity index (χ0) is 13.3. The number of carbonyl (C=O) groups is 2. The van der Waals surface area contributed by atoms with E-state index in [2.05, 4.69) is 6.92 Å². The highest BCUT2D eigenvalue weighted by molar-refractivity contribution is 5.87. The van der Waals surface area contributed by atoms with Crippen LogP contribution in [0, 0.1) is 5.92 Å². The molecule has 2 rings (SSSR count). The molecule has 1 heterocycles. The van der Waals surface area contributed by atoms with Crippen molar-refractivity contribution in [3.63, 3.8) is 0 Å². The van der Waals surface area contributed by atoms with Gasteiger partial charge in [-0.3, -0.25) is 9.59 Å². The first-order valence-electron chi connectivity index (χ1n) is 6.12. The highest BCUT2D eigenvalue weighted by Crippen LogP contribution is 2.37. The van der Waals surface area contributed by atoms with Gasteiger partial charge in [-0.25, -0.2) is 0 Å². The number of hydrogen-bond acceptors (Lipinski definition) is 2. The van der Waals surface area contributed by atoms with E-state index in [0.717, 1.165) is 12.0 Å². The van der Waals surface area contributed by atoms with Crippen molar-refractivity contribution >= 4 is 11.9 Å². The van der Waals surface area contributed by atoms with Gasteiger partial charge in [-0.1, -0.05) is 31.2 Å². The molecule has 18 heavy (non-hydrogen) atoms. The summed E-state index contributed by atoms with van der Waals surface area (Å²) < 4.78 is 0. The van der Waals surface area contributed by atoms with Crippen LogP contribution < -0.4 is 0 Å². The van der Waals surface area contributed by atoms with E-state index >= 15 is 0 Å². The van der Waals surface area contributed by atoms with Crippen LogP contribution >= 0.6 is 0 Å². The van der Waals surface area contributed by atoms with E-state index in [1.54, 1.807) is 11.9 Å². The van der Waals surface area contributed by atoms with E-state index in [0.29, 0.717) is 0 Å². The summed E-state index contributed by atoms with van der Waals surface area (Å²) in [6, 6.07) is 7.49. The van der Waals surface area contributed by atoms with Crippen molar-refractivity contribution < 1.29 is 14.7 Å². The molecule has 0 unspecified atom stereocenters. The molecular weight excluding hydrogens is 230 g/mol. The first-order valence-corrected chi connectivity index (χ1v) is 6.12. The van der Waals surface area contributed by atoms with Crippen LogP contribution in [0.5, 0.6) is 0 Å². The minimum atomic E-state index is -0.905. The number of hydrogen-bond donors (Lipinski definition) is 1. The Kier molecular flexibility index (Phi) is 3.36. The fourth-order valence-corrected chi connectivity index (χ4v) is 2.50. The van der Waals surface area contributed by atoms with Gasteiger partial charge in [0.1, 0.15) is 0 Å². The molecule has 0 aromatic heterocycles. The third-order valence-electron chi connectivity index (χ3n) is 3.63. The maximum atomic E-state index is 11.7. The van der Waals surface area contributed by atoms with Gasteiger partial charge >= 0.3 is 5.97 Å². The highest BCUT2D eigenvalue weighted by Gasteiger charge is 2.42. The Balaban J connectivity index is 2.33. The lowest BCUT2D eigenvalue weighted by atomic mass is 9.93. The zero-order valence-corrected chi connectivity index (χ0v) is 10.6. The van der Waals surface area contributed by atoms with E-state index < -0.39 is 11.9 Å². The van der Waals surface area contributed by atoms with Crippen molar-refractivity contribution in [3.8, 4) is 0 Å². The number of aryl methyl sites for hydroxylation is 1. The molecule has 4 heteroatoms. The van der Waals surface area contributed by atoms with Gasteiger partial charge in [0, 0.05) is 13.5 Å². The van der Waals surface area contributed by atoms with Crippen LogP contribution in [0.15, 0.2) is 24.3 Å². The first kappa shape index (κ1) is 12.6. The standard InChI is InChI=1S/C14H17NO3/c1-3-9-4-6-10(7-5-9)13-11(14(17)18)8-12(16)15(13)2/h4-7,11,13H,3,8H2,1-2H3,(H,17,18)/t11-,13-/m1/s1. The van der Waals surface area contributed by atoms with E-state index in [-0.39, 0.29) is 18.4 Å². The van der Waals surface area contributed by atoms with Gasteiger partial charge in [0.15, 0.2) is 0 Å². The smallest absolute Gasteiger partial charge is 0.309 e. The normalized spacial score (nSPS) is 23.4. The summed E-state index contributed by atoms with van der Waals surface area (Å²) in [6.45, 7) is 2.07. The third kappa shape index (κ3) is 2.10. The summed E-state index contributed by atoms with van der Waals surface area (Å²) in [6.07, 6.45) is 1.04. The molecule has 1 saturated heterocycles. The predicted octanol–water partition coefficient (Wildman–Crippen LogP) is 1.85. The van der Waals surface area contributed by atoms with Crippen LogP contribution in [-0.4, -0.2) is 28.9 Å². The van der Waals surface area contributed by atoms with Crippen LogP contribution in [0.1, 0.15) is 30.5 Å². The average Bonchev–Trinajstić information content (AvgIpc) is 2.66. The van der Waals surface area contributed by atoms with E-state index in [4.69, 9.17) is 0 Å². The van der Waals surface area contributed by atoms with Crippen molar-refractivity contribution in [2.75, 3.05) is 7.05 Å². The second-order valence-electron chi connectivity index (χ2n) is 4.69. The van der Waals surface area contributed by atoms with Gasteiger partial charge in [-0.2, -0.15) is 0 Å². The quantitative estimate of drug-likeness (QED) is 0.886. The van der Waals surface area contributed by atoms with Gasteiger partial charge in [0.05, 0.1) is 12.0 Å². The number of carboxylic acid groups (broad SMARTS) is 1. The SMILES string of the molecule is CCc1ccc([C@@H]2[C@H](C(=O)O)CC(=O)N2C)cc1. The second-order valence-corrected chi connectivity index (χ2v) is 4.69. The summed E-state index contributed by atoms with van der Waals surface area (Å²) in [5, 5.41) is 9.20. The molecule has 0 bridgehead atoms. The van der Waals surface area contributed by atoms with Crippen molar-refractivity contribution in [1.82, 2.24) is 4.90 Å². The fraction of sp³-hybridized carbons (Fsp3) is 0.429. The maximum Gasteiger partial charge on any atom is 0.309 e. The van der Waals surface area contributed by atoms with Gasteiger partial charge in [0.25, 0.3) is 0 Å². The Morgan fingerprint density at radius 2 is 2.00 bits per heavy atom. The molecule has 0 radical (unpaired) electrons. The van der Waals surface area contributed by atoms with Crippen LogP contribution in [0.3, 0.4) is 0 Å². The average molecular weight is 247 g/mol. The number of amides is 1. The number of carbonyl (C=O) groups excluding carboxylic acids is 1. The van der Waals surface area contributed by atoms with Crippen LogP contribution in [0.25, 0.3) is 0 Å². The Bertz CT molecular complexity index is 466. The van der Waals surface area contributed by atoms with E-state index in [1.165, 1.54) is 5.56 Å². The molecule has 1 amide bonds. The molecule has 4 nitrogen and oxygen atoms in total. The van der Waals surface area contributed by atoms with Crippen LogP contribution in [0.2, 0.25) is 0 Å². The number of nitrogens with zero attached hydrogens (tertiary/aromatic N) is 1. The van der Waals surface area contributed by atoms with E-state index in [1.807, 2.05) is 24.3 Å². The molecular formula is C14H17NO3. The third-order valence-corrected chi connectivity index (χ3v) is 3.63. The van der Waals surface area contributed by atoms with E-state index in [9.17, 15) is 14.7 Å². The van der Waals surface area contributed by atoms with Crippen LogP contribution in [0.4, 0.5) is 0 Å². The van der Waals surface area contributed by atoms with Gasteiger partial charge in [-0.15, -0.1) is 0 Å². The Labute approximate surface area is 106 Å². The topological polar surface area (TPSA) is 57.6 Å². The summed E-state index contributed by atoms with van der Waals surface area (Å²) >= 11 is 0. The zero-order valence-electron chi connectivity index (χ0n) is 10.6. The summed E-state index contributed by atoms with van der Waals surface area (Å²) in [4.78, 5) is 24.4. The van der Waals surface area contributed by atoms with Crippen molar-refractivity contribution in [3.05, 3.63) is 35.4 Å². The minimum absolute atomic E-state index is 0.0893. The van der Waals surface area contributed by atoms with Crippen molar-refractivity contribution in [2.45, 2.75) is 25.8 Å². The monoisotopic (exact) mass is 247 g/mol. The highest BCUT2D eigenvalue weighted by atomic mass is 16.4. The second kappa shape index (κ2) is 4.80.